The number of piperidine rings is 1. The number of para-hydroxylation sites is 1. The van der Waals surface area contributed by atoms with Gasteiger partial charge in [-0.15, -0.1) is 0 Å². The lowest BCUT2D eigenvalue weighted by Gasteiger charge is -2.31. The number of halogens is 1. The Bertz CT molecular complexity index is 1240. The molecule has 0 bridgehead atoms. The SMILES string of the molecule is CCNC(=O)[C@@H]1CCCN(c2nc3ncn(CC(=O)Nc4c(C)cccc4Cl)c(=O)c3s2)C1. The topological polar surface area (TPSA) is 109 Å². The Morgan fingerprint density at radius 1 is 1.33 bits per heavy atom. The summed E-state index contributed by atoms with van der Waals surface area (Å²) in [5.41, 5.74) is 1.38. The summed E-state index contributed by atoms with van der Waals surface area (Å²) >= 11 is 7.42. The summed E-state index contributed by atoms with van der Waals surface area (Å²) in [7, 11) is 0. The van der Waals surface area contributed by atoms with Crippen LogP contribution in [0.15, 0.2) is 29.3 Å². The summed E-state index contributed by atoms with van der Waals surface area (Å²) in [6.45, 7) is 5.48. The number of hydrogen-bond donors (Lipinski definition) is 2. The molecule has 0 saturated carbocycles. The Morgan fingerprint density at radius 3 is 2.91 bits per heavy atom. The summed E-state index contributed by atoms with van der Waals surface area (Å²) in [4.78, 5) is 48.7. The van der Waals surface area contributed by atoms with Gasteiger partial charge in [-0.25, -0.2) is 4.98 Å². The standard InChI is InChI=1S/C22H25ClN6O3S/c1-3-24-20(31)14-7-5-9-28(10-14)22-27-19-18(33-22)21(32)29(12-25-19)11-16(30)26-17-13(2)6-4-8-15(17)23/h4,6,8,12,14H,3,5,7,9-11H2,1-2H3,(H,24,31)(H,26,30)/t14-/m1/s1. The maximum Gasteiger partial charge on any atom is 0.273 e. The summed E-state index contributed by atoms with van der Waals surface area (Å²) in [6.07, 6.45) is 3.04. The number of aryl methyl sites for hydroxylation is 1. The minimum Gasteiger partial charge on any atom is -0.356 e. The molecular formula is C22H25ClN6O3S. The Balaban J connectivity index is 1.52. The van der Waals surface area contributed by atoms with Gasteiger partial charge in [0.1, 0.15) is 17.6 Å². The van der Waals surface area contributed by atoms with Crippen molar-refractivity contribution >= 4 is 55.9 Å². The molecule has 1 aliphatic heterocycles. The molecule has 9 nitrogen and oxygen atoms in total. The highest BCUT2D eigenvalue weighted by molar-refractivity contribution is 7.22. The third-order valence-corrected chi connectivity index (χ3v) is 6.99. The molecule has 3 heterocycles. The van der Waals surface area contributed by atoms with E-state index in [0.29, 0.717) is 39.3 Å². The first-order valence-electron chi connectivity index (χ1n) is 10.8. The second-order valence-electron chi connectivity index (χ2n) is 7.99. The summed E-state index contributed by atoms with van der Waals surface area (Å²) in [5, 5.41) is 6.75. The predicted molar refractivity (Wildman–Crippen MR) is 130 cm³/mol. The molecule has 1 aromatic carbocycles. The van der Waals surface area contributed by atoms with E-state index in [2.05, 4.69) is 20.6 Å². The lowest BCUT2D eigenvalue weighted by Crippen LogP contribution is -2.43. The number of benzene rings is 1. The molecule has 0 aliphatic carbocycles. The van der Waals surface area contributed by atoms with Gasteiger partial charge in [0.15, 0.2) is 10.8 Å². The van der Waals surface area contributed by atoms with E-state index in [1.54, 1.807) is 12.1 Å². The van der Waals surface area contributed by atoms with Gasteiger partial charge < -0.3 is 15.5 Å². The molecule has 33 heavy (non-hydrogen) atoms. The zero-order valence-corrected chi connectivity index (χ0v) is 20.0. The van der Waals surface area contributed by atoms with E-state index in [1.807, 2.05) is 24.8 Å². The lowest BCUT2D eigenvalue weighted by atomic mass is 9.97. The largest absolute Gasteiger partial charge is 0.356 e. The van der Waals surface area contributed by atoms with Crippen LogP contribution >= 0.6 is 22.9 Å². The molecule has 1 atom stereocenters. The van der Waals surface area contributed by atoms with Crippen LogP contribution < -0.4 is 21.1 Å². The van der Waals surface area contributed by atoms with E-state index in [4.69, 9.17) is 11.6 Å². The predicted octanol–water partition coefficient (Wildman–Crippen LogP) is 2.81. The normalized spacial score (nSPS) is 16.1. The highest BCUT2D eigenvalue weighted by Crippen LogP contribution is 2.29. The fourth-order valence-electron chi connectivity index (χ4n) is 3.89. The molecule has 2 N–H and O–H groups in total. The third kappa shape index (κ3) is 5.01. The van der Waals surface area contributed by atoms with Crippen molar-refractivity contribution in [2.24, 2.45) is 5.92 Å². The van der Waals surface area contributed by atoms with Crippen LogP contribution in [0.2, 0.25) is 5.02 Å². The van der Waals surface area contributed by atoms with E-state index in [1.165, 1.54) is 22.2 Å². The maximum atomic E-state index is 13.0. The minimum atomic E-state index is -0.375. The van der Waals surface area contributed by atoms with Crippen LogP contribution in [0, 0.1) is 12.8 Å². The van der Waals surface area contributed by atoms with Gasteiger partial charge in [-0.1, -0.05) is 35.1 Å². The van der Waals surface area contributed by atoms with Crippen LogP contribution in [0.3, 0.4) is 0 Å². The van der Waals surface area contributed by atoms with Crippen molar-refractivity contribution in [3.63, 3.8) is 0 Å². The highest BCUT2D eigenvalue weighted by Gasteiger charge is 2.27. The van der Waals surface area contributed by atoms with Crippen molar-refractivity contribution in [1.29, 1.82) is 0 Å². The van der Waals surface area contributed by atoms with E-state index in [9.17, 15) is 14.4 Å². The monoisotopic (exact) mass is 488 g/mol. The second kappa shape index (κ2) is 9.88. The molecule has 1 aliphatic rings. The average molecular weight is 489 g/mol. The van der Waals surface area contributed by atoms with Gasteiger partial charge in [0.05, 0.1) is 16.6 Å². The molecule has 0 unspecified atom stereocenters. The zero-order valence-electron chi connectivity index (χ0n) is 18.4. The van der Waals surface area contributed by atoms with Crippen LogP contribution in [0.5, 0.6) is 0 Å². The molecule has 2 aromatic heterocycles. The number of thiazole rings is 1. The number of aromatic nitrogens is 3. The number of carbonyl (C=O) groups is 2. The molecule has 0 radical (unpaired) electrons. The second-order valence-corrected chi connectivity index (χ2v) is 9.37. The first kappa shape index (κ1) is 23.2. The van der Waals surface area contributed by atoms with Crippen molar-refractivity contribution < 1.29 is 9.59 Å². The van der Waals surface area contributed by atoms with Crippen LogP contribution in [-0.2, 0) is 16.1 Å². The zero-order chi connectivity index (χ0) is 23.5. The number of carbonyl (C=O) groups excluding carboxylic acids is 2. The summed E-state index contributed by atoms with van der Waals surface area (Å²) in [5.74, 6) is -0.434. The smallest absolute Gasteiger partial charge is 0.273 e. The van der Waals surface area contributed by atoms with Crippen LogP contribution in [-0.4, -0.2) is 46.0 Å². The van der Waals surface area contributed by atoms with Gasteiger partial charge in [0.2, 0.25) is 11.8 Å². The van der Waals surface area contributed by atoms with Gasteiger partial charge in [-0.3, -0.25) is 19.0 Å². The number of anilines is 2. The molecule has 0 spiro atoms. The number of fused-ring (bicyclic) bond motifs is 1. The number of amides is 2. The average Bonchev–Trinajstić information content (AvgIpc) is 3.24. The maximum absolute atomic E-state index is 13.0. The first-order valence-corrected chi connectivity index (χ1v) is 12.0. The van der Waals surface area contributed by atoms with Gasteiger partial charge in [-0.2, -0.15) is 4.98 Å². The van der Waals surface area contributed by atoms with Gasteiger partial charge >= 0.3 is 0 Å². The van der Waals surface area contributed by atoms with Crippen molar-refractivity contribution in [3.05, 3.63) is 45.5 Å². The number of hydrogen-bond acceptors (Lipinski definition) is 7. The Kier molecular flexibility index (Phi) is 6.94. The van der Waals surface area contributed by atoms with Crippen LogP contribution in [0.1, 0.15) is 25.3 Å². The van der Waals surface area contributed by atoms with Gasteiger partial charge in [-0.05, 0) is 38.3 Å². The van der Waals surface area contributed by atoms with E-state index < -0.39 is 0 Å². The summed E-state index contributed by atoms with van der Waals surface area (Å²) in [6, 6.07) is 5.34. The number of rotatable bonds is 6. The minimum absolute atomic E-state index is 0.0450. The van der Waals surface area contributed by atoms with Crippen molar-refractivity contribution in [2.45, 2.75) is 33.2 Å². The summed E-state index contributed by atoms with van der Waals surface area (Å²) < 4.78 is 1.65. The molecule has 3 aromatic rings. The quantitative estimate of drug-likeness (QED) is 0.552. The van der Waals surface area contributed by atoms with E-state index >= 15 is 0 Å². The molecule has 1 fully saturated rings. The van der Waals surface area contributed by atoms with Crippen molar-refractivity contribution in [2.75, 3.05) is 29.9 Å². The Morgan fingerprint density at radius 2 is 2.15 bits per heavy atom. The number of nitrogens with zero attached hydrogens (tertiary/aromatic N) is 4. The highest BCUT2D eigenvalue weighted by atomic mass is 35.5. The Hall–Kier alpha value is -2.98. The molecular weight excluding hydrogens is 464 g/mol. The van der Waals surface area contributed by atoms with Crippen molar-refractivity contribution in [3.8, 4) is 0 Å². The molecule has 2 amide bonds. The van der Waals surface area contributed by atoms with Gasteiger partial charge in [0, 0.05) is 19.6 Å². The fraction of sp³-hybridized carbons (Fsp3) is 0.409. The van der Waals surface area contributed by atoms with Crippen LogP contribution in [0.4, 0.5) is 10.8 Å². The first-order chi connectivity index (χ1) is 15.9. The van der Waals surface area contributed by atoms with Crippen molar-refractivity contribution in [1.82, 2.24) is 19.9 Å². The number of nitrogens with one attached hydrogen (secondary N) is 2. The molecule has 11 heteroatoms. The van der Waals surface area contributed by atoms with E-state index in [0.717, 1.165) is 24.9 Å². The molecule has 174 valence electrons. The molecule has 1 saturated heterocycles. The fourth-order valence-corrected chi connectivity index (χ4v) is 5.16. The van der Waals surface area contributed by atoms with E-state index in [-0.39, 0.29) is 29.8 Å². The Labute approximate surface area is 199 Å². The van der Waals surface area contributed by atoms with Crippen LogP contribution in [0.25, 0.3) is 10.3 Å². The van der Waals surface area contributed by atoms with Gasteiger partial charge in [0.25, 0.3) is 5.56 Å². The molecule has 4 rings (SSSR count). The lowest BCUT2D eigenvalue weighted by molar-refractivity contribution is -0.125. The third-order valence-electron chi connectivity index (χ3n) is 5.59.